The molecule has 0 unspecified atom stereocenters. The first-order valence-corrected chi connectivity index (χ1v) is 5.40. The van der Waals surface area contributed by atoms with Gasteiger partial charge < -0.3 is 0 Å². The van der Waals surface area contributed by atoms with Crippen LogP contribution in [-0.4, -0.2) is 52.3 Å². The number of halogens is 14. The summed E-state index contributed by atoms with van der Waals surface area (Å²) in [6, 6.07) is 0. The Morgan fingerprint density at radius 3 is 0.522 bits per heavy atom. The van der Waals surface area contributed by atoms with Crippen molar-refractivity contribution < 1.29 is 61.5 Å². The van der Waals surface area contributed by atoms with Crippen molar-refractivity contribution in [3.05, 3.63) is 0 Å². The number of alkyl halides is 14. The number of hydrogen-bond acceptors (Lipinski definition) is 0. The molecule has 0 spiro atoms. The smallest absolute Gasteiger partial charge is 0.226 e. The molecule has 14 heteroatoms. The second kappa shape index (κ2) is 3.00. The van der Waals surface area contributed by atoms with E-state index in [2.05, 4.69) is 0 Å². The number of hydrogen-bond donors (Lipinski definition) is 0. The van der Waals surface area contributed by atoms with Gasteiger partial charge in [0.1, 0.15) is 0 Å². The fourth-order valence-corrected chi connectivity index (χ4v) is 3.63. The quantitative estimate of drug-likeness (QED) is 0.562. The maximum absolute atomic E-state index is 13.9. The first-order valence-electron chi connectivity index (χ1n) is 5.40. The van der Waals surface area contributed by atoms with Crippen LogP contribution in [0.5, 0.6) is 0 Å². The third kappa shape index (κ3) is 0.791. The normalized spacial score (nSPS) is 56.1. The van der Waals surface area contributed by atoms with E-state index in [9.17, 15) is 61.5 Å². The largest absolute Gasteiger partial charge is 0.339 e. The van der Waals surface area contributed by atoms with E-state index < -0.39 is 52.3 Å². The van der Waals surface area contributed by atoms with Crippen molar-refractivity contribution in [2.75, 3.05) is 0 Å². The Labute approximate surface area is 115 Å². The van der Waals surface area contributed by atoms with Crippen LogP contribution in [0.15, 0.2) is 0 Å². The second-order valence-electron chi connectivity index (χ2n) is 5.51. The van der Waals surface area contributed by atoms with Crippen LogP contribution in [0.3, 0.4) is 0 Å². The standard InChI is InChI=1S/C9F14/c10-1-2(11)7(18,19)3(12,5(1,14)15)9(22,23)4(13,6(1,16)17)8(2,20)21. The lowest BCUT2D eigenvalue weighted by atomic mass is 9.66. The molecule has 4 aliphatic rings. The minimum Gasteiger partial charge on any atom is -0.226 e. The van der Waals surface area contributed by atoms with Crippen LogP contribution in [0.25, 0.3) is 0 Å². The van der Waals surface area contributed by atoms with E-state index in [1.807, 2.05) is 0 Å². The molecule has 0 aromatic heterocycles. The maximum atomic E-state index is 13.9. The Morgan fingerprint density at radius 2 is 0.348 bits per heavy atom. The Bertz CT molecular complexity index is 532. The molecule has 0 N–H and O–H groups in total. The molecule has 134 valence electrons. The van der Waals surface area contributed by atoms with E-state index in [1.54, 1.807) is 0 Å². The van der Waals surface area contributed by atoms with Gasteiger partial charge in [0.25, 0.3) is 11.3 Å². The van der Waals surface area contributed by atoms with Gasteiger partial charge in [0.15, 0.2) is 0 Å². The van der Waals surface area contributed by atoms with Gasteiger partial charge in [-0.1, -0.05) is 0 Å². The van der Waals surface area contributed by atoms with E-state index in [0.29, 0.717) is 0 Å². The molecule has 4 fully saturated rings. The van der Waals surface area contributed by atoms with E-state index in [0.717, 1.165) is 0 Å². The molecule has 0 saturated heterocycles. The summed E-state index contributed by atoms with van der Waals surface area (Å²) < 4.78 is 189. The summed E-state index contributed by atoms with van der Waals surface area (Å²) in [5.74, 6) is -37.1. The van der Waals surface area contributed by atoms with Gasteiger partial charge in [-0.15, -0.1) is 0 Å². The van der Waals surface area contributed by atoms with Gasteiger partial charge in [-0.05, 0) is 0 Å². The molecule has 4 rings (SSSR count). The van der Waals surface area contributed by atoms with Crippen molar-refractivity contribution in [2.45, 2.75) is 52.3 Å². The average Bonchev–Trinajstić information content (AvgIpc) is 2.49. The predicted octanol–water partition coefficient (Wildman–Crippen LogP) is 4.04. The topological polar surface area (TPSA) is 0 Å². The molecule has 4 bridgehead atoms. The van der Waals surface area contributed by atoms with Gasteiger partial charge in [0.05, 0.1) is 0 Å². The van der Waals surface area contributed by atoms with Crippen molar-refractivity contribution in [2.24, 2.45) is 0 Å². The molecule has 0 amide bonds. The Hall–Kier alpha value is -0.980. The highest BCUT2D eigenvalue weighted by Crippen LogP contribution is 2.90. The third-order valence-corrected chi connectivity index (χ3v) is 4.80. The van der Waals surface area contributed by atoms with Crippen LogP contribution in [0.1, 0.15) is 0 Å². The van der Waals surface area contributed by atoms with Crippen LogP contribution >= 0.6 is 0 Å². The summed E-state index contributed by atoms with van der Waals surface area (Å²) in [6.45, 7) is 0. The van der Waals surface area contributed by atoms with Crippen molar-refractivity contribution in [1.29, 1.82) is 0 Å². The minimum atomic E-state index is -7.54. The van der Waals surface area contributed by atoms with Gasteiger partial charge in [-0.25, -0.2) is 17.6 Å². The Morgan fingerprint density at radius 1 is 0.217 bits per heavy atom. The van der Waals surface area contributed by atoms with Gasteiger partial charge in [-0.2, -0.15) is 43.9 Å². The molecule has 0 aliphatic heterocycles. The van der Waals surface area contributed by atoms with Crippen molar-refractivity contribution in [1.82, 2.24) is 0 Å². The summed E-state index contributed by atoms with van der Waals surface area (Å²) in [6.07, 6.45) is 0. The molecule has 0 radical (unpaired) electrons. The average molecular weight is 374 g/mol. The third-order valence-electron chi connectivity index (χ3n) is 4.80. The summed E-state index contributed by atoms with van der Waals surface area (Å²) in [4.78, 5) is 0. The Balaban J connectivity index is 2.67. The van der Waals surface area contributed by atoms with Crippen LogP contribution < -0.4 is 0 Å². The SMILES string of the molecule is FC1(F)C2(F)C(F)(F)C3(F)C(F)(F)C1(F)C(F)(F)C3(F)C2(F)F. The van der Waals surface area contributed by atoms with Gasteiger partial charge >= 0.3 is 41.0 Å². The van der Waals surface area contributed by atoms with E-state index in [4.69, 9.17) is 0 Å². The summed E-state index contributed by atoms with van der Waals surface area (Å²) in [7, 11) is 0. The highest BCUT2D eigenvalue weighted by atomic mass is 19.3. The predicted molar refractivity (Wildman–Crippen MR) is 40.1 cm³/mol. The zero-order valence-corrected chi connectivity index (χ0v) is 9.79. The second-order valence-corrected chi connectivity index (χ2v) is 5.51. The highest BCUT2D eigenvalue weighted by molar-refractivity contribution is 5.57. The van der Waals surface area contributed by atoms with Crippen molar-refractivity contribution in [3.63, 3.8) is 0 Å². The van der Waals surface area contributed by atoms with E-state index >= 15 is 0 Å². The molecule has 0 atom stereocenters. The fourth-order valence-electron chi connectivity index (χ4n) is 3.63. The molecular formula is C9F14. The molecule has 4 aliphatic carbocycles. The highest BCUT2D eigenvalue weighted by Gasteiger charge is 3.25. The van der Waals surface area contributed by atoms with Crippen molar-refractivity contribution >= 4 is 0 Å². The number of rotatable bonds is 0. The fraction of sp³-hybridized carbons (Fsp3) is 1.00. The van der Waals surface area contributed by atoms with Crippen LogP contribution in [-0.2, 0) is 0 Å². The lowest BCUT2D eigenvalue weighted by Gasteiger charge is -2.53. The van der Waals surface area contributed by atoms with Gasteiger partial charge in [0.2, 0.25) is 0 Å². The molecule has 23 heavy (non-hydrogen) atoms. The Kier molecular flexibility index (Phi) is 2.20. The lowest BCUT2D eigenvalue weighted by Crippen LogP contribution is -2.86. The molecule has 0 aromatic carbocycles. The zero-order chi connectivity index (χ0) is 18.5. The van der Waals surface area contributed by atoms with Crippen LogP contribution in [0.4, 0.5) is 61.5 Å². The molecular weight excluding hydrogens is 374 g/mol. The first kappa shape index (κ1) is 16.9. The van der Waals surface area contributed by atoms with Gasteiger partial charge in [0, 0.05) is 0 Å². The van der Waals surface area contributed by atoms with E-state index in [1.165, 1.54) is 0 Å². The van der Waals surface area contributed by atoms with Crippen LogP contribution in [0.2, 0.25) is 0 Å². The molecule has 0 heterocycles. The molecule has 0 aromatic rings. The van der Waals surface area contributed by atoms with Gasteiger partial charge in [-0.3, -0.25) is 0 Å². The monoisotopic (exact) mass is 374 g/mol. The molecule has 0 nitrogen and oxygen atoms in total. The summed E-state index contributed by atoms with van der Waals surface area (Å²) in [5.41, 5.74) is -29.1. The summed E-state index contributed by atoms with van der Waals surface area (Å²) >= 11 is 0. The first-order chi connectivity index (χ1) is 9.75. The summed E-state index contributed by atoms with van der Waals surface area (Å²) in [5, 5.41) is 0. The van der Waals surface area contributed by atoms with E-state index in [-0.39, 0.29) is 0 Å². The van der Waals surface area contributed by atoms with Crippen molar-refractivity contribution in [3.8, 4) is 0 Å². The zero-order valence-electron chi connectivity index (χ0n) is 9.79. The maximum Gasteiger partial charge on any atom is 0.339 e. The molecule has 4 saturated carbocycles. The lowest BCUT2D eigenvalue weighted by molar-refractivity contribution is -0.451. The minimum absolute atomic E-state index is 7.26. The van der Waals surface area contributed by atoms with Crippen LogP contribution in [0, 0.1) is 0 Å².